The second kappa shape index (κ2) is 20.6. The van der Waals surface area contributed by atoms with E-state index in [-0.39, 0.29) is 0 Å². The van der Waals surface area contributed by atoms with E-state index in [2.05, 4.69) is 62.4 Å². The fourth-order valence-corrected chi connectivity index (χ4v) is 4.80. The predicted molar refractivity (Wildman–Crippen MR) is 155 cm³/mol. The lowest BCUT2D eigenvalue weighted by molar-refractivity contribution is 0.140. The summed E-state index contributed by atoms with van der Waals surface area (Å²) in [5, 5.41) is 0. The highest BCUT2D eigenvalue weighted by molar-refractivity contribution is 5.23. The van der Waals surface area contributed by atoms with Gasteiger partial charge in [0.05, 0.1) is 13.2 Å². The lowest BCUT2D eigenvalue weighted by Gasteiger charge is -2.07. The Morgan fingerprint density at radius 2 is 0.657 bits per heavy atom. The van der Waals surface area contributed by atoms with Gasteiger partial charge in [-0.15, -0.1) is 0 Å². The van der Waals surface area contributed by atoms with Crippen LogP contribution in [0.15, 0.2) is 48.5 Å². The van der Waals surface area contributed by atoms with E-state index in [4.69, 9.17) is 4.74 Å². The van der Waals surface area contributed by atoms with E-state index < -0.39 is 0 Å². The Hall–Kier alpha value is -1.60. The third-order valence-corrected chi connectivity index (χ3v) is 7.25. The van der Waals surface area contributed by atoms with Gasteiger partial charge in [-0.25, -0.2) is 0 Å². The van der Waals surface area contributed by atoms with Crippen molar-refractivity contribution in [2.75, 3.05) is 13.2 Å². The Kier molecular flexibility index (Phi) is 17.4. The minimum absolute atomic E-state index is 0.813. The van der Waals surface area contributed by atoms with Gasteiger partial charge in [-0.05, 0) is 60.8 Å². The Morgan fingerprint density at radius 3 is 1.00 bits per heavy atom. The van der Waals surface area contributed by atoms with Crippen LogP contribution in [-0.4, -0.2) is 13.2 Å². The van der Waals surface area contributed by atoms with Crippen molar-refractivity contribution in [1.82, 2.24) is 0 Å². The van der Waals surface area contributed by atoms with Crippen LogP contribution < -0.4 is 0 Å². The van der Waals surface area contributed by atoms with Crippen molar-refractivity contribution >= 4 is 0 Å². The number of hydrogen-bond acceptors (Lipinski definition) is 1. The summed E-state index contributed by atoms with van der Waals surface area (Å²) in [6.07, 6.45) is 23.8. The summed E-state index contributed by atoms with van der Waals surface area (Å²) in [6.45, 7) is 6.20. The van der Waals surface area contributed by atoms with Gasteiger partial charge in [0, 0.05) is 0 Å². The van der Waals surface area contributed by atoms with Crippen LogP contribution >= 0.6 is 0 Å². The van der Waals surface area contributed by atoms with Gasteiger partial charge in [0.1, 0.15) is 0 Å². The van der Waals surface area contributed by atoms with Crippen molar-refractivity contribution in [2.45, 2.75) is 129 Å². The van der Waals surface area contributed by atoms with Crippen LogP contribution in [0.3, 0.4) is 0 Å². The molecule has 0 heterocycles. The molecule has 1 heteroatoms. The average molecular weight is 479 g/mol. The zero-order valence-corrected chi connectivity index (χ0v) is 23.2. The minimum atomic E-state index is 0.813. The largest absolute Gasteiger partial charge is 0.381 e. The first-order valence-electron chi connectivity index (χ1n) is 15.0. The van der Waals surface area contributed by atoms with Crippen molar-refractivity contribution in [3.63, 3.8) is 0 Å². The predicted octanol–water partition coefficient (Wildman–Crippen LogP) is 10.1. The van der Waals surface area contributed by atoms with Gasteiger partial charge in [0.2, 0.25) is 0 Å². The van der Waals surface area contributed by atoms with Crippen LogP contribution in [0.1, 0.15) is 126 Å². The average Bonchev–Trinajstić information content (AvgIpc) is 2.89. The van der Waals surface area contributed by atoms with Gasteiger partial charge in [0.15, 0.2) is 0 Å². The van der Waals surface area contributed by atoms with Crippen LogP contribution in [0, 0.1) is 0 Å². The van der Waals surface area contributed by atoms with Crippen LogP contribution in [0.2, 0.25) is 0 Å². The van der Waals surface area contributed by atoms with E-state index in [1.807, 2.05) is 0 Å². The molecule has 0 aliphatic carbocycles. The molecule has 2 rings (SSSR count). The molecule has 0 aliphatic rings. The number of aryl methyl sites for hydroxylation is 2. The maximum absolute atomic E-state index is 5.94. The molecule has 0 N–H and O–H groups in total. The second-order valence-corrected chi connectivity index (χ2v) is 10.5. The molecule has 2 aromatic rings. The molecule has 0 saturated carbocycles. The van der Waals surface area contributed by atoms with Crippen molar-refractivity contribution in [3.8, 4) is 0 Å². The molecule has 35 heavy (non-hydrogen) atoms. The van der Waals surface area contributed by atoms with Crippen LogP contribution in [0.5, 0.6) is 0 Å². The maximum atomic E-state index is 5.94. The summed E-state index contributed by atoms with van der Waals surface area (Å²) in [4.78, 5) is 0. The molecule has 0 fully saturated rings. The summed E-state index contributed by atoms with van der Waals surface area (Å²) in [5.41, 5.74) is 5.75. The van der Waals surface area contributed by atoms with Crippen molar-refractivity contribution in [2.24, 2.45) is 0 Å². The summed E-state index contributed by atoms with van der Waals surface area (Å²) < 4.78 is 5.94. The molecule has 0 aliphatic heterocycles. The molecular formula is C34H54O. The molecule has 196 valence electrons. The number of unbranched alkanes of at least 4 members (excludes halogenated alkanes) is 12. The molecule has 0 atom stereocenters. The normalized spacial score (nSPS) is 11.3. The Bertz CT molecular complexity index is 652. The van der Waals surface area contributed by atoms with Gasteiger partial charge in [-0.3, -0.25) is 0 Å². The van der Waals surface area contributed by atoms with E-state index >= 15 is 0 Å². The van der Waals surface area contributed by atoms with Crippen molar-refractivity contribution in [3.05, 3.63) is 70.8 Å². The lowest BCUT2D eigenvalue weighted by Crippen LogP contribution is -2.03. The van der Waals surface area contributed by atoms with Crippen LogP contribution in [-0.2, 0) is 30.4 Å². The smallest absolute Gasteiger partial charge is 0.0506 e. The first kappa shape index (κ1) is 29.6. The molecule has 0 bridgehead atoms. The SMILES string of the molecule is CCCCCCCCCc1ccc(CCOCCc2ccc(CCCCCCCCC)cc2)cc1. The molecular weight excluding hydrogens is 424 g/mol. The van der Waals surface area contributed by atoms with Crippen LogP contribution in [0.25, 0.3) is 0 Å². The molecule has 0 unspecified atom stereocenters. The summed E-state index contributed by atoms with van der Waals surface area (Å²) in [7, 11) is 0. The topological polar surface area (TPSA) is 9.23 Å². The van der Waals surface area contributed by atoms with Crippen molar-refractivity contribution < 1.29 is 4.74 Å². The summed E-state index contributed by atoms with van der Waals surface area (Å²) >= 11 is 0. The van der Waals surface area contributed by atoms with Gasteiger partial charge < -0.3 is 4.74 Å². The Morgan fingerprint density at radius 1 is 0.371 bits per heavy atom. The van der Waals surface area contributed by atoms with Crippen LogP contribution in [0.4, 0.5) is 0 Å². The highest BCUT2D eigenvalue weighted by Crippen LogP contribution is 2.14. The first-order chi connectivity index (χ1) is 17.3. The highest BCUT2D eigenvalue weighted by Gasteiger charge is 2.00. The Balaban J connectivity index is 1.48. The highest BCUT2D eigenvalue weighted by atomic mass is 16.5. The van der Waals surface area contributed by atoms with E-state index in [0.717, 1.165) is 26.1 Å². The first-order valence-corrected chi connectivity index (χ1v) is 15.0. The van der Waals surface area contributed by atoms with Gasteiger partial charge in [-0.1, -0.05) is 139 Å². The van der Waals surface area contributed by atoms with Gasteiger partial charge >= 0.3 is 0 Å². The van der Waals surface area contributed by atoms with Gasteiger partial charge in [-0.2, -0.15) is 0 Å². The molecule has 0 aromatic heterocycles. The molecule has 0 saturated heterocycles. The van der Waals surface area contributed by atoms with E-state index in [1.54, 1.807) is 0 Å². The fourth-order valence-electron chi connectivity index (χ4n) is 4.80. The fraction of sp³-hybridized carbons (Fsp3) is 0.647. The minimum Gasteiger partial charge on any atom is -0.381 e. The molecule has 0 amide bonds. The third-order valence-electron chi connectivity index (χ3n) is 7.25. The van der Waals surface area contributed by atoms with Crippen molar-refractivity contribution in [1.29, 1.82) is 0 Å². The standard InChI is InChI=1S/C34H54O/c1-3-5-7-9-11-13-15-17-31-19-23-33(24-20-31)27-29-35-30-28-34-25-21-32(22-26-34)18-16-14-12-10-8-6-4-2/h19-26H,3-18,27-30H2,1-2H3. The zero-order valence-electron chi connectivity index (χ0n) is 23.2. The van der Waals surface area contributed by atoms with E-state index in [1.165, 1.54) is 125 Å². The number of rotatable bonds is 22. The number of benzene rings is 2. The molecule has 0 spiro atoms. The Labute approximate surface area is 218 Å². The van der Waals surface area contributed by atoms with Gasteiger partial charge in [0.25, 0.3) is 0 Å². The quantitative estimate of drug-likeness (QED) is 0.153. The summed E-state index contributed by atoms with van der Waals surface area (Å²) in [5.74, 6) is 0. The lowest BCUT2D eigenvalue weighted by atomic mass is 10.0. The van der Waals surface area contributed by atoms with E-state index in [0.29, 0.717) is 0 Å². The number of hydrogen-bond donors (Lipinski definition) is 0. The second-order valence-electron chi connectivity index (χ2n) is 10.5. The number of ether oxygens (including phenoxy) is 1. The zero-order chi connectivity index (χ0) is 24.8. The molecule has 1 nitrogen and oxygen atoms in total. The third kappa shape index (κ3) is 15.2. The monoisotopic (exact) mass is 478 g/mol. The summed E-state index contributed by atoms with van der Waals surface area (Å²) in [6, 6.07) is 18.5. The molecule has 0 radical (unpaired) electrons. The van der Waals surface area contributed by atoms with E-state index in [9.17, 15) is 0 Å². The maximum Gasteiger partial charge on any atom is 0.0506 e. The molecule has 2 aromatic carbocycles.